The number of hydrogen-bond acceptors (Lipinski definition) is 2. The summed E-state index contributed by atoms with van der Waals surface area (Å²) >= 11 is 0. The maximum absolute atomic E-state index is 11.5. The molecule has 0 amide bonds. The molecular formula is C15H20O2. The summed E-state index contributed by atoms with van der Waals surface area (Å²) < 4.78 is 5.37. The molecule has 0 aromatic heterocycles. The van der Waals surface area contributed by atoms with Crippen LogP contribution in [0.5, 0.6) is 0 Å². The van der Waals surface area contributed by atoms with E-state index in [9.17, 15) is 4.79 Å². The molecule has 17 heavy (non-hydrogen) atoms. The van der Waals surface area contributed by atoms with Crippen LogP contribution in [0.25, 0.3) is 0 Å². The SMILES string of the molecule is C=C(CCC)CC(=O)COCc1ccccc1. The third-order valence-electron chi connectivity index (χ3n) is 2.43. The van der Waals surface area contributed by atoms with Gasteiger partial charge in [-0.2, -0.15) is 0 Å². The predicted octanol–water partition coefficient (Wildman–Crippen LogP) is 3.52. The highest BCUT2D eigenvalue weighted by Crippen LogP contribution is 2.08. The number of carbonyl (C=O) groups is 1. The van der Waals surface area contributed by atoms with Crippen LogP contribution >= 0.6 is 0 Å². The van der Waals surface area contributed by atoms with Crippen molar-refractivity contribution in [2.45, 2.75) is 32.8 Å². The van der Waals surface area contributed by atoms with Crippen LogP contribution < -0.4 is 0 Å². The minimum atomic E-state index is 0.111. The van der Waals surface area contributed by atoms with Crippen molar-refractivity contribution in [1.29, 1.82) is 0 Å². The van der Waals surface area contributed by atoms with Gasteiger partial charge in [-0.3, -0.25) is 4.79 Å². The van der Waals surface area contributed by atoms with E-state index in [1.807, 2.05) is 30.3 Å². The molecule has 2 heteroatoms. The number of hydrogen-bond donors (Lipinski definition) is 0. The lowest BCUT2D eigenvalue weighted by atomic mass is 10.1. The highest BCUT2D eigenvalue weighted by molar-refractivity contribution is 5.81. The molecular weight excluding hydrogens is 212 g/mol. The van der Waals surface area contributed by atoms with Crippen LogP contribution in [-0.4, -0.2) is 12.4 Å². The summed E-state index contributed by atoms with van der Waals surface area (Å²) in [4.78, 5) is 11.5. The van der Waals surface area contributed by atoms with Gasteiger partial charge in [-0.1, -0.05) is 55.8 Å². The van der Waals surface area contributed by atoms with Crippen LogP contribution in [0.2, 0.25) is 0 Å². The number of carbonyl (C=O) groups excluding carboxylic acids is 1. The molecule has 1 aromatic rings. The molecule has 0 radical (unpaired) electrons. The standard InChI is InChI=1S/C15H20O2/c1-3-7-13(2)10-15(16)12-17-11-14-8-5-4-6-9-14/h4-6,8-9H,2-3,7,10-12H2,1H3. The van der Waals surface area contributed by atoms with Gasteiger partial charge in [0.25, 0.3) is 0 Å². The fourth-order valence-electron chi connectivity index (χ4n) is 1.63. The van der Waals surface area contributed by atoms with E-state index >= 15 is 0 Å². The minimum absolute atomic E-state index is 0.111. The van der Waals surface area contributed by atoms with Gasteiger partial charge in [0.1, 0.15) is 6.61 Å². The van der Waals surface area contributed by atoms with Gasteiger partial charge in [-0.05, 0) is 12.0 Å². The molecule has 0 spiro atoms. The molecule has 0 unspecified atom stereocenters. The van der Waals surface area contributed by atoms with Gasteiger partial charge in [0.15, 0.2) is 5.78 Å². The summed E-state index contributed by atoms with van der Waals surface area (Å²) in [5.41, 5.74) is 2.09. The Bertz CT molecular complexity index is 354. The van der Waals surface area contributed by atoms with E-state index in [-0.39, 0.29) is 12.4 Å². The van der Waals surface area contributed by atoms with Crippen molar-refractivity contribution in [2.75, 3.05) is 6.61 Å². The first-order valence-electron chi connectivity index (χ1n) is 6.02. The number of Topliss-reactive ketones (excluding diaryl/α,β-unsaturated/α-hetero) is 1. The maximum Gasteiger partial charge on any atom is 0.162 e. The fraction of sp³-hybridized carbons (Fsp3) is 0.400. The molecule has 0 saturated carbocycles. The van der Waals surface area contributed by atoms with Gasteiger partial charge >= 0.3 is 0 Å². The average Bonchev–Trinajstić information content (AvgIpc) is 2.30. The van der Waals surface area contributed by atoms with Crippen molar-refractivity contribution >= 4 is 5.78 Å². The molecule has 0 aliphatic heterocycles. The van der Waals surface area contributed by atoms with E-state index in [2.05, 4.69) is 13.5 Å². The summed E-state index contributed by atoms with van der Waals surface area (Å²) in [7, 11) is 0. The molecule has 0 aliphatic carbocycles. The first kappa shape index (κ1) is 13.7. The first-order valence-corrected chi connectivity index (χ1v) is 6.02. The van der Waals surface area contributed by atoms with E-state index in [1.165, 1.54) is 0 Å². The van der Waals surface area contributed by atoms with Crippen LogP contribution in [0, 0.1) is 0 Å². The third kappa shape index (κ3) is 6.03. The Morgan fingerprint density at radius 3 is 2.65 bits per heavy atom. The molecule has 0 bridgehead atoms. The lowest BCUT2D eigenvalue weighted by Gasteiger charge is -2.05. The molecule has 1 aromatic carbocycles. The second-order valence-corrected chi connectivity index (χ2v) is 4.19. The smallest absolute Gasteiger partial charge is 0.162 e. The molecule has 0 aliphatic rings. The molecule has 92 valence electrons. The van der Waals surface area contributed by atoms with E-state index in [4.69, 9.17) is 4.74 Å². The number of benzene rings is 1. The van der Waals surface area contributed by atoms with Crippen molar-refractivity contribution in [1.82, 2.24) is 0 Å². The Hall–Kier alpha value is -1.41. The fourth-order valence-corrected chi connectivity index (χ4v) is 1.63. The zero-order valence-electron chi connectivity index (χ0n) is 10.4. The molecule has 0 fully saturated rings. The van der Waals surface area contributed by atoms with Crippen molar-refractivity contribution in [3.63, 3.8) is 0 Å². The Balaban J connectivity index is 2.18. The van der Waals surface area contributed by atoms with Gasteiger partial charge in [-0.25, -0.2) is 0 Å². The topological polar surface area (TPSA) is 26.3 Å². The lowest BCUT2D eigenvalue weighted by Crippen LogP contribution is -2.09. The van der Waals surface area contributed by atoms with E-state index in [0.717, 1.165) is 24.0 Å². The Labute approximate surface area is 103 Å². The quantitative estimate of drug-likeness (QED) is 0.641. The lowest BCUT2D eigenvalue weighted by molar-refractivity contribution is -0.123. The van der Waals surface area contributed by atoms with Crippen LogP contribution in [0.4, 0.5) is 0 Å². The summed E-state index contributed by atoms with van der Waals surface area (Å²) in [6.07, 6.45) is 2.41. The molecule has 1 rings (SSSR count). The van der Waals surface area contributed by atoms with Gasteiger partial charge in [0.05, 0.1) is 6.61 Å². The number of allylic oxidation sites excluding steroid dienone is 1. The monoisotopic (exact) mass is 232 g/mol. The molecule has 0 atom stereocenters. The number of ether oxygens (including phenoxy) is 1. The van der Waals surface area contributed by atoms with Gasteiger partial charge in [-0.15, -0.1) is 0 Å². The summed E-state index contributed by atoms with van der Waals surface area (Å²) in [6.45, 7) is 6.63. The Morgan fingerprint density at radius 1 is 1.29 bits per heavy atom. The third-order valence-corrected chi connectivity index (χ3v) is 2.43. The molecule has 0 heterocycles. The molecule has 0 N–H and O–H groups in total. The number of ketones is 1. The number of rotatable bonds is 8. The maximum atomic E-state index is 11.5. The Kier molecular flexibility index (Phi) is 6.26. The zero-order chi connectivity index (χ0) is 12.5. The average molecular weight is 232 g/mol. The van der Waals surface area contributed by atoms with Crippen molar-refractivity contribution in [3.05, 3.63) is 48.0 Å². The van der Waals surface area contributed by atoms with Gasteiger partial charge < -0.3 is 4.74 Å². The van der Waals surface area contributed by atoms with E-state index in [1.54, 1.807) is 0 Å². The summed E-state index contributed by atoms with van der Waals surface area (Å²) in [5.74, 6) is 0.111. The zero-order valence-corrected chi connectivity index (χ0v) is 10.4. The largest absolute Gasteiger partial charge is 0.369 e. The summed E-state index contributed by atoms with van der Waals surface area (Å²) in [6, 6.07) is 9.86. The first-order chi connectivity index (χ1) is 8.22. The van der Waals surface area contributed by atoms with E-state index in [0.29, 0.717) is 13.0 Å². The van der Waals surface area contributed by atoms with Crippen LogP contribution in [0.1, 0.15) is 31.7 Å². The molecule has 2 nitrogen and oxygen atoms in total. The van der Waals surface area contributed by atoms with Gasteiger partial charge in [0, 0.05) is 6.42 Å². The minimum Gasteiger partial charge on any atom is -0.369 e. The second-order valence-electron chi connectivity index (χ2n) is 4.19. The van der Waals surface area contributed by atoms with Crippen LogP contribution in [0.15, 0.2) is 42.5 Å². The normalized spacial score (nSPS) is 10.2. The van der Waals surface area contributed by atoms with Crippen LogP contribution in [-0.2, 0) is 16.1 Å². The highest BCUT2D eigenvalue weighted by Gasteiger charge is 2.04. The second kappa shape index (κ2) is 7.80. The summed E-state index contributed by atoms with van der Waals surface area (Å²) in [5, 5.41) is 0. The van der Waals surface area contributed by atoms with Crippen molar-refractivity contribution in [2.24, 2.45) is 0 Å². The van der Waals surface area contributed by atoms with E-state index < -0.39 is 0 Å². The predicted molar refractivity (Wildman–Crippen MR) is 69.8 cm³/mol. The Morgan fingerprint density at radius 2 is 2.00 bits per heavy atom. The van der Waals surface area contributed by atoms with Gasteiger partial charge in [0.2, 0.25) is 0 Å². The molecule has 0 saturated heterocycles. The van der Waals surface area contributed by atoms with Crippen LogP contribution in [0.3, 0.4) is 0 Å². The van der Waals surface area contributed by atoms with Crippen molar-refractivity contribution < 1.29 is 9.53 Å². The highest BCUT2D eigenvalue weighted by atomic mass is 16.5. The van der Waals surface area contributed by atoms with Crippen molar-refractivity contribution in [3.8, 4) is 0 Å².